The Morgan fingerprint density at radius 3 is 2.51 bits per heavy atom. The van der Waals surface area contributed by atoms with Gasteiger partial charge in [-0.2, -0.15) is 5.10 Å². The summed E-state index contributed by atoms with van der Waals surface area (Å²) >= 11 is 0. The lowest BCUT2D eigenvalue weighted by Gasteiger charge is -2.22. The van der Waals surface area contributed by atoms with Crippen LogP contribution in [0.5, 0.6) is 5.75 Å². The lowest BCUT2D eigenvalue weighted by Crippen LogP contribution is -2.19. The predicted molar refractivity (Wildman–Crippen MR) is 143 cm³/mol. The van der Waals surface area contributed by atoms with Gasteiger partial charge in [-0.05, 0) is 61.6 Å². The molecule has 7 rings (SSSR count). The largest absolute Gasteiger partial charge is 0.489 e. The smallest absolute Gasteiger partial charge is 0.138 e. The van der Waals surface area contributed by atoms with Crippen molar-refractivity contribution in [1.82, 2.24) is 35.1 Å². The number of fused-ring (bicyclic) bond motifs is 2. The van der Waals surface area contributed by atoms with E-state index in [1.54, 1.807) is 18.6 Å². The lowest BCUT2D eigenvalue weighted by molar-refractivity contribution is 0.154. The van der Waals surface area contributed by atoms with Crippen LogP contribution in [0.4, 0.5) is 0 Å². The molecule has 2 N–H and O–H groups in total. The third kappa shape index (κ3) is 4.10. The van der Waals surface area contributed by atoms with E-state index in [4.69, 9.17) is 4.74 Å². The van der Waals surface area contributed by atoms with Gasteiger partial charge in [-0.3, -0.25) is 25.0 Å². The van der Waals surface area contributed by atoms with Crippen LogP contribution in [0, 0.1) is 0 Å². The molecule has 0 unspecified atom stereocenters. The molecule has 8 heteroatoms. The van der Waals surface area contributed by atoms with Gasteiger partial charge in [0.1, 0.15) is 11.4 Å². The van der Waals surface area contributed by atoms with E-state index in [9.17, 15) is 0 Å². The molecule has 1 aliphatic rings. The van der Waals surface area contributed by atoms with Crippen LogP contribution in [0.2, 0.25) is 0 Å². The van der Waals surface area contributed by atoms with Crippen molar-refractivity contribution in [1.29, 1.82) is 0 Å². The van der Waals surface area contributed by atoms with Gasteiger partial charge in [0, 0.05) is 46.7 Å². The molecule has 1 saturated carbocycles. The Morgan fingerprint density at radius 1 is 0.757 bits per heavy atom. The molecular formula is C29H25N7O. The standard InChI is InChI=1S/C29H25N7O/c1-2-4-20(5-3-1)37-21-10-19(13-31-14-21)25-12-23-28(17-33-25)35-36-29(23)26-11-22-24(15-32-16-27(22)34-26)18-6-8-30-9-7-18/h6-17,20,34H,1-5H2,(H,35,36). The summed E-state index contributed by atoms with van der Waals surface area (Å²) in [6, 6.07) is 10.2. The molecule has 0 spiro atoms. The summed E-state index contributed by atoms with van der Waals surface area (Å²) < 4.78 is 6.24. The normalized spacial score (nSPS) is 14.4. The van der Waals surface area contributed by atoms with Crippen molar-refractivity contribution in [3.05, 3.63) is 73.7 Å². The van der Waals surface area contributed by atoms with E-state index in [0.717, 1.165) is 74.2 Å². The Balaban J connectivity index is 1.26. The van der Waals surface area contributed by atoms with Crippen LogP contribution in [0.1, 0.15) is 32.1 Å². The van der Waals surface area contributed by atoms with E-state index in [1.165, 1.54) is 19.3 Å². The summed E-state index contributed by atoms with van der Waals surface area (Å²) in [6.45, 7) is 0. The zero-order valence-electron chi connectivity index (χ0n) is 20.2. The molecule has 8 nitrogen and oxygen atoms in total. The van der Waals surface area contributed by atoms with Crippen LogP contribution < -0.4 is 4.74 Å². The van der Waals surface area contributed by atoms with Gasteiger partial charge in [0.25, 0.3) is 0 Å². The SMILES string of the molecule is c1cc(-c2cncc3[nH]c(-c4n[nH]c5cnc(-c6cncc(OC7CCCCC7)c6)cc45)cc23)ccn1. The first kappa shape index (κ1) is 21.7. The molecule has 182 valence electrons. The summed E-state index contributed by atoms with van der Waals surface area (Å²) in [7, 11) is 0. The minimum absolute atomic E-state index is 0.273. The number of aromatic amines is 2. The fraction of sp³-hybridized carbons (Fsp3) is 0.207. The number of rotatable bonds is 5. The Morgan fingerprint density at radius 2 is 1.62 bits per heavy atom. The topological polar surface area (TPSA) is 105 Å². The van der Waals surface area contributed by atoms with Crippen molar-refractivity contribution in [2.24, 2.45) is 0 Å². The number of H-pyrrole nitrogens is 2. The number of nitrogens with zero attached hydrogens (tertiary/aromatic N) is 5. The van der Waals surface area contributed by atoms with Gasteiger partial charge < -0.3 is 9.72 Å². The Bertz CT molecular complexity index is 1700. The fourth-order valence-corrected chi connectivity index (χ4v) is 5.22. The quantitative estimate of drug-likeness (QED) is 0.294. The zero-order chi connectivity index (χ0) is 24.6. The first-order chi connectivity index (χ1) is 18.3. The third-order valence-electron chi connectivity index (χ3n) is 7.10. The van der Waals surface area contributed by atoms with Crippen molar-refractivity contribution in [2.45, 2.75) is 38.2 Å². The minimum atomic E-state index is 0.273. The van der Waals surface area contributed by atoms with Gasteiger partial charge in [-0.25, -0.2) is 0 Å². The maximum Gasteiger partial charge on any atom is 0.138 e. The highest BCUT2D eigenvalue weighted by atomic mass is 16.5. The van der Waals surface area contributed by atoms with Gasteiger partial charge in [0.2, 0.25) is 0 Å². The average Bonchev–Trinajstić information content (AvgIpc) is 3.58. The number of hydrogen-bond donors (Lipinski definition) is 2. The highest BCUT2D eigenvalue weighted by molar-refractivity contribution is 6.01. The molecule has 6 aromatic heterocycles. The van der Waals surface area contributed by atoms with Gasteiger partial charge in [0.15, 0.2) is 0 Å². The summed E-state index contributed by atoms with van der Waals surface area (Å²) in [5.74, 6) is 0.797. The first-order valence-corrected chi connectivity index (χ1v) is 12.7. The maximum atomic E-state index is 6.24. The van der Waals surface area contributed by atoms with E-state index in [2.05, 4.69) is 47.2 Å². The molecular weight excluding hydrogens is 462 g/mol. The molecule has 0 aliphatic heterocycles. The molecule has 1 aliphatic carbocycles. The maximum absolute atomic E-state index is 6.24. The summed E-state index contributed by atoms with van der Waals surface area (Å²) in [5, 5.41) is 9.81. The molecule has 0 atom stereocenters. The highest BCUT2D eigenvalue weighted by Gasteiger charge is 2.17. The number of nitrogens with one attached hydrogen (secondary N) is 2. The van der Waals surface area contributed by atoms with E-state index in [-0.39, 0.29) is 6.10 Å². The van der Waals surface area contributed by atoms with Crippen molar-refractivity contribution >= 4 is 21.8 Å². The van der Waals surface area contributed by atoms with Crippen LogP contribution in [0.15, 0.2) is 73.7 Å². The van der Waals surface area contributed by atoms with Crippen molar-refractivity contribution in [3.63, 3.8) is 0 Å². The predicted octanol–water partition coefficient (Wildman–Crippen LogP) is 6.34. The van der Waals surface area contributed by atoms with Crippen LogP contribution >= 0.6 is 0 Å². The van der Waals surface area contributed by atoms with Gasteiger partial charge >= 0.3 is 0 Å². The molecule has 6 heterocycles. The Kier molecular flexibility index (Phi) is 5.35. The summed E-state index contributed by atoms with van der Waals surface area (Å²) in [5.41, 5.74) is 7.42. The second-order valence-corrected chi connectivity index (χ2v) is 9.54. The Hall–Kier alpha value is -4.59. The second-order valence-electron chi connectivity index (χ2n) is 9.54. The van der Waals surface area contributed by atoms with E-state index < -0.39 is 0 Å². The first-order valence-electron chi connectivity index (χ1n) is 12.7. The third-order valence-corrected chi connectivity index (χ3v) is 7.10. The second kappa shape index (κ2) is 9.13. The van der Waals surface area contributed by atoms with Crippen LogP contribution in [-0.4, -0.2) is 41.2 Å². The van der Waals surface area contributed by atoms with Gasteiger partial charge in [-0.15, -0.1) is 0 Å². The molecule has 37 heavy (non-hydrogen) atoms. The number of aromatic nitrogens is 7. The monoisotopic (exact) mass is 487 g/mol. The molecule has 0 amide bonds. The lowest BCUT2D eigenvalue weighted by atomic mass is 9.98. The van der Waals surface area contributed by atoms with Crippen molar-refractivity contribution in [3.8, 4) is 39.5 Å². The molecule has 6 aromatic rings. The van der Waals surface area contributed by atoms with E-state index >= 15 is 0 Å². The molecule has 0 aromatic carbocycles. The zero-order valence-corrected chi connectivity index (χ0v) is 20.2. The number of ether oxygens (including phenoxy) is 1. The van der Waals surface area contributed by atoms with Crippen molar-refractivity contribution in [2.75, 3.05) is 0 Å². The van der Waals surface area contributed by atoms with E-state index in [0.29, 0.717) is 0 Å². The molecule has 0 bridgehead atoms. The van der Waals surface area contributed by atoms with E-state index in [1.807, 2.05) is 43.0 Å². The van der Waals surface area contributed by atoms with Crippen LogP contribution in [-0.2, 0) is 0 Å². The van der Waals surface area contributed by atoms with Crippen molar-refractivity contribution < 1.29 is 4.74 Å². The van der Waals surface area contributed by atoms with Gasteiger partial charge in [-0.1, -0.05) is 6.42 Å². The van der Waals surface area contributed by atoms with Crippen LogP contribution in [0.25, 0.3) is 55.6 Å². The average molecular weight is 488 g/mol. The Labute approximate surface area is 213 Å². The van der Waals surface area contributed by atoms with Crippen LogP contribution in [0.3, 0.4) is 0 Å². The summed E-state index contributed by atoms with van der Waals surface area (Å²) in [4.78, 5) is 21.2. The fourth-order valence-electron chi connectivity index (χ4n) is 5.22. The molecule has 0 radical (unpaired) electrons. The molecule has 1 fully saturated rings. The number of pyridine rings is 4. The highest BCUT2D eigenvalue weighted by Crippen LogP contribution is 2.34. The number of hydrogen-bond acceptors (Lipinski definition) is 6. The summed E-state index contributed by atoms with van der Waals surface area (Å²) in [6.07, 6.45) is 19.0. The molecule has 0 saturated heterocycles. The minimum Gasteiger partial charge on any atom is -0.489 e. The van der Waals surface area contributed by atoms with Gasteiger partial charge in [0.05, 0.1) is 47.1 Å².